The van der Waals surface area contributed by atoms with Crippen molar-refractivity contribution in [2.24, 2.45) is 0 Å². The Bertz CT molecular complexity index is 497. The van der Waals surface area contributed by atoms with Crippen molar-refractivity contribution in [1.82, 2.24) is 25.6 Å². The Morgan fingerprint density at radius 2 is 2.44 bits per heavy atom. The van der Waals surface area contributed by atoms with E-state index in [-0.39, 0.29) is 11.7 Å². The largest absolute Gasteiger partial charge is 0.300 e. The summed E-state index contributed by atoms with van der Waals surface area (Å²) >= 11 is 2.72. The number of aryl methyl sites for hydroxylation is 1. The van der Waals surface area contributed by atoms with Crippen LogP contribution in [0.4, 0.5) is 5.13 Å². The van der Waals surface area contributed by atoms with Gasteiger partial charge in [0.1, 0.15) is 10.0 Å². The summed E-state index contributed by atoms with van der Waals surface area (Å²) in [5.41, 5.74) is 0. The number of amides is 1. The van der Waals surface area contributed by atoms with E-state index in [0.29, 0.717) is 10.2 Å². The summed E-state index contributed by atoms with van der Waals surface area (Å²) in [6, 6.07) is 0. The van der Waals surface area contributed by atoms with Crippen molar-refractivity contribution < 1.29 is 4.79 Å². The molecule has 0 bridgehead atoms. The fourth-order valence-corrected chi connectivity index (χ4v) is 2.62. The molecule has 0 unspecified atom stereocenters. The molecule has 0 atom stereocenters. The third-order valence-electron chi connectivity index (χ3n) is 1.92. The maximum absolute atomic E-state index is 11.6. The number of hydrogen-bond donors (Lipinski definition) is 2. The Kier molecular flexibility index (Phi) is 4.65. The highest BCUT2D eigenvalue weighted by molar-refractivity contribution is 7.99. The van der Waals surface area contributed by atoms with Crippen LogP contribution in [0.2, 0.25) is 0 Å². The van der Waals surface area contributed by atoms with Gasteiger partial charge in [-0.2, -0.15) is 10.3 Å². The summed E-state index contributed by atoms with van der Waals surface area (Å²) in [5, 5.41) is 22.8. The third kappa shape index (κ3) is 3.77. The number of carbonyl (C=O) groups is 1. The molecule has 0 aliphatic carbocycles. The lowest BCUT2D eigenvalue weighted by Crippen LogP contribution is -2.13. The molecule has 0 saturated carbocycles. The minimum atomic E-state index is -0.123. The highest BCUT2D eigenvalue weighted by Gasteiger charge is 2.09. The molecule has 0 aliphatic heterocycles. The van der Waals surface area contributed by atoms with E-state index in [1.54, 1.807) is 6.20 Å². The van der Waals surface area contributed by atoms with Gasteiger partial charge in [-0.15, -0.1) is 15.3 Å². The maximum Gasteiger partial charge on any atom is 0.236 e. The van der Waals surface area contributed by atoms with Gasteiger partial charge in [0.25, 0.3) is 0 Å². The third-order valence-corrected chi connectivity index (χ3v) is 3.72. The van der Waals surface area contributed by atoms with E-state index < -0.39 is 0 Å². The number of aromatic nitrogens is 5. The van der Waals surface area contributed by atoms with Crippen molar-refractivity contribution in [3.05, 3.63) is 11.2 Å². The van der Waals surface area contributed by atoms with Gasteiger partial charge in [-0.3, -0.25) is 10.1 Å². The molecule has 0 fully saturated rings. The van der Waals surface area contributed by atoms with Gasteiger partial charge in [0.2, 0.25) is 11.0 Å². The molecular weight excluding hydrogens is 272 g/mol. The van der Waals surface area contributed by atoms with Crippen LogP contribution in [0.5, 0.6) is 0 Å². The lowest BCUT2D eigenvalue weighted by molar-refractivity contribution is -0.113. The van der Waals surface area contributed by atoms with E-state index in [1.807, 2.05) is 0 Å². The molecule has 7 nitrogen and oxygen atoms in total. The van der Waals surface area contributed by atoms with Crippen LogP contribution in [0.25, 0.3) is 0 Å². The van der Waals surface area contributed by atoms with Crippen LogP contribution in [0.15, 0.2) is 11.2 Å². The number of rotatable bonds is 6. The quantitative estimate of drug-likeness (QED) is 0.777. The van der Waals surface area contributed by atoms with Crippen molar-refractivity contribution in [3.8, 4) is 0 Å². The van der Waals surface area contributed by atoms with Crippen LogP contribution in [-0.4, -0.2) is 37.3 Å². The molecule has 96 valence electrons. The van der Waals surface area contributed by atoms with Crippen LogP contribution >= 0.6 is 23.1 Å². The topological polar surface area (TPSA) is 96.5 Å². The van der Waals surface area contributed by atoms with Gasteiger partial charge in [-0.05, 0) is 6.42 Å². The zero-order valence-corrected chi connectivity index (χ0v) is 11.3. The van der Waals surface area contributed by atoms with Crippen LogP contribution < -0.4 is 5.32 Å². The Morgan fingerprint density at radius 1 is 1.56 bits per heavy atom. The van der Waals surface area contributed by atoms with Gasteiger partial charge < -0.3 is 0 Å². The minimum Gasteiger partial charge on any atom is -0.300 e. The summed E-state index contributed by atoms with van der Waals surface area (Å²) in [7, 11) is 0. The van der Waals surface area contributed by atoms with Crippen molar-refractivity contribution in [2.75, 3.05) is 11.1 Å². The molecule has 0 saturated heterocycles. The molecule has 2 N–H and O–H groups in total. The van der Waals surface area contributed by atoms with Gasteiger partial charge >= 0.3 is 0 Å². The first kappa shape index (κ1) is 13.0. The molecule has 18 heavy (non-hydrogen) atoms. The minimum absolute atomic E-state index is 0.123. The second kappa shape index (κ2) is 6.45. The SMILES string of the molecule is CCCc1nnc(NC(=O)CSc2cn[nH]n2)s1. The Hall–Kier alpha value is -1.48. The van der Waals surface area contributed by atoms with E-state index in [9.17, 15) is 4.79 Å². The van der Waals surface area contributed by atoms with E-state index in [2.05, 4.69) is 37.8 Å². The number of nitrogens with zero attached hydrogens (tertiary/aromatic N) is 4. The monoisotopic (exact) mass is 284 g/mol. The number of carbonyl (C=O) groups excluding carboxylic acids is 1. The number of nitrogens with one attached hydrogen (secondary N) is 2. The predicted octanol–water partition coefficient (Wildman–Crippen LogP) is 1.34. The molecule has 0 aromatic carbocycles. The number of aromatic amines is 1. The smallest absolute Gasteiger partial charge is 0.236 e. The van der Waals surface area contributed by atoms with Crippen molar-refractivity contribution in [3.63, 3.8) is 0 Å². The van der Waals surface area contributed by atoms with E-state index in [4.69, 9.17) is 0 Å². The first-order valence-electron chi connectivity index (χ1n) is 5.38. The second-order valence-corrected chi connectivity index (χ2v) is 5.45. The summed E-state index contributed by atoms with van der Waals surface area (Å²) in [6.45, 7) is 2.08. The molecule has 2 aromatic heterocycles. The fraction of sp³-hybridized carbons (Fsp3) is 0.444. The number of hydrogen-bond acceptors (Lipinski definition) is 7. The highest BCUT2D eigenvalue weighted by Crippen LogP contribution is 2.18. The van der Waals surface area contributed by atoms with Crippen molar-refractivity contribution in [2.45, 2.75) is 24.8 Å². The molecular formula is C9H12N6OS2. The molecule has 2 aromatic rings. The number of H-pyrrole nitrogens is 1. The first-order chi connectivity index (χ1) is 8.78. The van der Waals surface area contributed by atoms with Gasteiger partial charge in [0, 0.05) is 6.42 Å². The zero-order chi connectivity index (χ0) is 12.8. The Labute approximate surface area is 112 Å². The molecule has 2 rings (SSSR count). The molecule has 2 heterocycles. The summed E-state index contributed by atoms with van der Waals surface area (Å²) in [5.74, 6) is 0.150. The van der Waals surface area contributed by atoms with E-state index in [0.717, 1.165) is 17.8 Å². The van der Waals surface area contributed by atoms with Crippen molar-refractivity contribution >= 4 is 34.1 Å². The predicted molar refractivity (Wildman–Crippen MR) is 69.6 cm³/mol. The first-order valence-corrected chi connectivity index (χ1v) is 7.19. The molecule has 9 heteroatoms. The standard InChI is InChI=1S/C9H12N6OS2/c1-2-3-7-12-14-9(18-7)11-6(16)5-17-8-4-10-15-13-8/h4H,2-3,5H2,1H3,(H,10,13,15)(H,11,14,16). The van der Waals surface area contributed by atoms with Gasteiger partial charge in [-0.25, -0.2) is 0 Å². The molecule has 0 aliphatic rings. The average molecular weight is 284 g/mol. The highest BCUT2D eigenvalue weighted by atomic mass is 32.2. The normalized spacial score (nSPS) is 10.5. The van der Waals surface area contributed by atoms with Crippen LogP contribution in [0.1, 0.15) is 18.4 Å². The second-order valence-electron chi connectivity index (χ2n) is 3.40. The van der Waals surface area contributed by atoms with Gasteiger partial charge in [0.05, 0.1) is 11.9 Å². The lowest BCUT2D eigenvalue weighted by Gasteiger charge is -1.98. The molecule has 0 radical (unpaired) electrons. The number of thioether (sulfide) groups is 1. The summed E-state index contributed by atoms with van der Waals surface area (Å²) in [6.07, 6.45) is 3.48. The summed E-state index contributed by atoms with van der Waals surface area (Å²) < 4.78 is 0. The van der Waals surface area contributed by atoms with E-state index in [1.165, 1.54) is 23.1 Å². The average Bonchev–Trinajstić information content (AvgIpc) is 2.99. The zero-order valence-electron chi connectivity index (χ0n) is 9.71. The Morgan fingerprint density at radius 3 is 3.17 bits per heavy atom. The van der Waals surface area contributed by atoms with Crippen LogP contribution in [0, 0.1) is 0 Å². The molecule has 0 spiro atoms. The van der Waals surface area contributed by atoms with Crippen LogP contribution in [0.3, 0.4) is 0 Å². The van der Waals surface area contributed by atoms with Gasteiger partial charge in [0.15, 0.2) is 0 Å². The Balaban J connectivity index is 1.79. The fourth-order valence-electron chi connectivity index (χ4n) is 1.17. The summed E-state index contributed by atoms with van der Waals surface area (Å²) in [4.78, 5) is 11.6. The van der Waals surface area contributed by atoms with E-state index >= 15 is 0 Å². The number of anilines is 1. The van der Waals surface area contributed by atoms with Crippen LogP contribution in [-0.2, 0) is 11.2 Å². The lowest BCUT2D eigenvalue weighted by atomic mass is 10.4. The molecule has 1 amide bonds. The van der Waals surface area contributed by atoms with Gasteiger partial charge in [-0.1, -0.05) is 30.0 Å². The maximum atomic E-state index is 11.6. The van der Waals surface area contributed by atoms with Crippen molar-refractivity contribution in [1.29, 1.82) is 0 Å².